The summed E-state index contributed by atoms with van der Waals surface area (Å²) in [7, 11) is 0. The first kappa shape index (κ1) is 7.79. The van der Waals surface area contributed by atoms with Crippen LogP contribution in [0.25, 0.3) is 11.3 Å². The third kappa shape index (κ3) is 1.51. The van der Waals surface area contributed by atoms with Gasteiger partial charge in [0, 0.05) is 17.3 Å². The van der Waals surface area contributed by atoms with Crippen LogP contribution in [0.5, 0.6) is 0 Å². The van der Waals surface area contributed by atoms with Crippen molar-refractivity contribution in [3.8, 4) is 11.3 Å². The lowest BCUT2D eigenvalue weighted by molar-refractivity contribution is 0.432. The van der Waals surface area contributed by atoms with E-state index in [1.54, 1.807) is 12.1 Å². The predicted octanol–water partition coefficient (Wildman–Crippen LogP) is 2.06. The maximum atomic E-state index is 12.9. The molecule has 4 heteroatoms. The van der Waals surface area contributed by atoms with E-state index >= 15 is 0 Å². The Kier molecular flexibility index (Phi) is 1.73. The Labute approximate surface area is 74.0 Å². The van der Waals surface area contributed by atoms with Crippen LogP contribution in [0.1, 0.15) is 0 Å². The van der Waals surface area contributed by atoms with Crippen molar-refractivity contribution in [2.75, 3.05) is 5.73 Å². The smallest absolute Gasteiger partial charge is 0.166 e. The summed E-state index contributed by atoms with van der Waals surface area (Å²) in [4.78, 5) is 0. The Morgan fingerprint density at radius 2 is 2.15 bits per heavy atom. The quantitative estimate of drug-likeness (QED) is 0.680. The molecule has 0 radical (unpaired) electrons. The number of rotatable bonds is 1. The Bertz CT molecular complexity index is 391. The zero-order chi connectivity index (χ0) is 9.26. The number of hydrogen-bond acceptors (Lipinski definition) is 3. The van der Waals surface area contributed by atoms with Gasteiger partial charge < -0.3 is 10.3 Å². The lowest BCUT2D eigenvalue weighted by Gasteiger charge is -1.98. The van der Waals surface area contributed by atoms with E-state index in [4.69, 9.17) is 10.3 Å². The summed E-state index contributed by atoms with van der Waals surface area (Å²) in [6, 6.07) is 5.87. The molecule has 0 amide bonds. The van der Waals surface area contributed by atoms with E-state index in [9.17, 15) is 4.39 Å². The van der Waals surface area contributed by atoms with Crippen LogP contribution < -0.4 is 5.73 Å². The van der Waals surface area contributed by atoms with Crippen molar-refractivity contribution in [2.24, 2.45) is 0 Å². The monoisotopic (exact) mass is 178 g/mol. The summed E-state index contributed by atoms with van der Waals surface area (Å²) >= 11 is 0. The fourth-order valence-corrected chi connectivity index (χ4v) is 1.12. The van der Waals surface area contributed by atoms with Crippen molar-refractivity contribution in [1.82, 2.24) is 5.16 Å². The fraction of sp³-hybridized carbons (Fsp3) is 0. The van der Waals surface area contributed by atoms with E-state index in [2.05, 4.69) is 5.16 Å². The molecule has 1 aromatic heterocycles. The topological polar surface area (TPSA) is 52.0 Å². The SMILES string of the molecule is Nc1cc(F)cc(-c2ccno2)c1. The highest BCUT2D eigenvalue weighted by molar-refractivity contribution is 5.62. The van der Waals surface area contributed by atoms with E-state index in [1.165, 1.54) is 18.3 Å². The van der Waals surface area contributed by atoms with Crippen molar-refractivity contribution in [2.45, 2.75) is 0 Å². The highest BCUT2D eigenvalue weighted by Crippen LogP contribution is 2.22. The van der Waals surface area contributed by atoms with Crippen molar-refractivity contribution in [3.63, 3.8) is 0 Å². The third-order valence-electron chi connectivity index (χ3n) is 1.64. The number of halogens is 1. The van der Waals surface area contributed by atoms with Crippen LogP contribution in [0, 0.1) is 5.82 Å². The van der Waals surface area contributed by atoms with Gasteiger partial charge in [0.2, 0.25) is 0 Å². The second-order valence-corrected chi connectivity index (χ2v) is 2.65. The minimum Gasteiger partial charge on any atom is -0.399 e. The third-order valence-corrected chi connectivity index (χ3v) is 1.64. The molecule has 2 rings (SSSR count). The minimum atomic E-state index is -0.383. The van der Waals surface area contributed by atoms with Crippen LogP contribution in [-0.4, -0.2) is 5.16 Å². The Balaban J connectivity index is 2.53. The zero-order valence-electron chi connectivity index (χ0n) is 6.70. The summed E-state index contributed by atoms with van der Waals surface area (Å²) in [6.45, 7) is 0. The number of anilines is 1. The standard InChI is InChI=1S/C9H7FN2O/c10-7-3-6(4-8(11)5-7)9-1-2-12-13-9/h1-5H,11H2. The average Bonchev–Trinajstić information content (AvgIpc) is 2.53. The molecule has 0 aliphatic carbocycles. The summed E-state index contributed by atoms with van der Waals surface area (Å²) in [5, 5.41) is 3.52. The van der Waals surface area contributed by atoms with Crippen LogP contribution in [0.2, 0.25) is 0 Å². The summed E-state index contributed by atoms with van der Waals surface area (Å²) in [6.07, 6.45) is 1.50. The van der Waals surface area contributed by atoms with Gasteiger partial charge in [-0.1, -0.05) is 5.16 Å². The van der Waals surface area contributed by atoms with Crippen molar-refractivity contribution < 1.29 is 8.91 Å². The number of nitrogens with two attached hydrogens (primary N) is 1. The predicted molar refractivity (Wildman–Crippen MR) is 46.3 cm³/mol. The normalized spacial score (nSPS) is 10.2. The number of aromatic nitrogens is 1. The van der Waals surface area contributed by atoms with Crippen LogP contribution in [0.15, 0.2) is 35.0 Å². The summed E-state index contributed by atoms with van der Waals surface area (Å²) in [5.41, 5.74) is 6.42. The number of nitrogen functional groups attached to an aromatic ring is 1. The first-order chi connectivity index (χ1) is 6.25. The molecule has 0 atom stereocenters. The molecular weight excluding hydrogens is 171 g/mol. The van der Waals surface area contributed by atoms with E-state index in [0.29, 0.717) is 17.0 Å². The molecule has 0 unspecified atom stereocenters. The molecule has 0 bridgehead atoms. The summed E-state index contributed by atoms with van der Waals surface area (Å²) in [5.74, 6) is 0.123. The van der Waals surface area contributed by atoms with Gasteiger partial charge in [0.05, 0.1) is 6.20 Å². The Hall–Kier alpha value is -1.84. The molecule has 0 fully saturated rings. The van der Waals surface area contributed by atoms with Crippen LogP contribution in [0.4, 0.5) is 10.1 Å². The molecule has 66 valence electrons. The average molecular weight is 178 g/mol. The van der Waals surface area contributed by atoms with Crippen LogP contribution in [-0.2, 0) is 0 Å². The van der Waals surface area contributed by atoms with Crippen molar-refractivity contribution in [3.05, 3.63) is 36.3 Å². The lowest BCUT2D eigenvalue weighted by Crippen LogP contribution is -1.87. The highest BCUT2D eigenvalue weighted by Gasteiger charge is 2.04. The molecule has 1 heterocycles. The van der Waals surface area contributed by atoms with Gasteiger partial charge in [-0.2, -0.15) is 0 Å². The molecule has 0 spiro atoms. The number of hydrogen-bond donors (Lipinski definition) is 1. The molecule has 0 saturated heterocycles. The van der Waals surface area contributed by atoms with Gasteiger partial charge in [-0.25, -0.2) is 4.39 Å². The van der Waals surface area contributed by atoms with Gasteiger partial charge >= 0.3 is 0 Å². The molecular formula is C9H7FN2O. The molecule has 0 aliphatic heterocycles. The number of nitrogens with zero attached hydrogens (tertiary/aromatic N) is 1. The summed E-state index contributed by atoms with van der Waals surface area (Å²) < 4.78 is 17.7. The first-order valence-corrected chi connectivity index (χ1v) is 3.73. The lowest BCUT2D eigenvalue weighted by atomic mass is 10.1. The molecule has 2 aromatic rings. The van der Waals surface area contributed by atoms with Gasteiger partial charge in [-0.3, -0.25) is 0 Å². The maximum Gasteiger partial charge on any atom is 0.166 e. The van der Waals surface area contributed by atoms with E-state index in [1.807, 2.05) is 0 Å². The van der Waals surface area contributed by atoms with E-state index in [-0.39, 0.29) is 5.82 Å². The maximum absolute atomic E-state index is 12.9. The minimum absolute atomic E-state index is 0.367. The molecule has 2 N–H and O–H groups in total. The first-order valence-electron chi connectivity index (χ1n) is 3.73. The second kappa shape index (κ2) is 2.90. The molecule has 0 saturated carbocycles. The fourth-order valence-electron chi connectivity index (χ4n) is 1.12. The second-order valence-electron chi connectivity index (χ2n) is 2.65. The van der Waals surface area contributed by atoms with Gasteiger partial charge in [-0.05, 0) is 18.2 Å². The van der Waals surface area contributed by atoms with Crippen LogP contribution in [0.3, 0.4) is 0 Å². The van der Waals surface area contributed by atoms with E-state index in [0.717, 1.165) is 0 Å². The molecule has 13 heavy (non-hydrogen) atoms. The molecule has 0 aliphatic rings. The largest absolute Gasteiger partial charge is 0.399 e. The zero-order valence-corrected chi connectivity index (χ0v) is 6.70. The molecule has 3 nitrogen and oxygen atoms in total. The number of benzene rings is 1. The molecule has 1 aromatic carbocycles. The van der Waals surface area contributed by atoms with Crippen molar-refractivity contribution >= 4 is 5.69 Å². The van der Waals surface area contributed by atoms with Gasteiger partial charge in [0.15, 0.2) is 5.76 Å². The van der Waals surface area contributed by atoms with Crippen molar-refractivity contribution in [1.29, 1.82) is 0 Å². The Morgan fingerprint density at radius 3 is 2.77 bits per heavy atom. The van der Waals surface area contributed by atoms with Gasteiger partial charge in [0.25, 0.3) is 0 Å². The van der Waals surface area contributed by atoms with Gasteiger partial charge in [0.1, 0.15) is 5.82 Å². The van der Waals surface area contributed by atoms with Gasteiger partial charge in [-0.15, -0.1) is 0 Å². The van der Waals surface area contributed by atoms with Crippen LogP contribution >= 0.6 is 0 Å². The highest BCUT2D eigenvalue weighted by atomic mass is 19.1. The van der Waals surface area contributed by atoms with E-state index < -0.39 is 0 Å². The Morgan fingerprint density at radius 1 is 1.31 bits per heavy atom.